The summed E-state index contributed by atoms with van der Waals surface area (Å²) in [4.78, 5) is 50.0. The average molecular weight is 921 g/mol. The Morgan fingerprint density at radius 3 is 1.46 bits per heavy atom. The molecular weight excluding hydrogens is 866 g/mol. The van der Waals surface area contributed by atoms with Crippen LogP contribution in [0.4, 0.5) is 11.6 Å². The van der Waals surface area contributed by atoms with Crippen molar-refractivity contribution in [3.05, 3.63) is 25.3 Å². The standard InChI is InChI=1S/2C18H28N5O6P.Ca/c2*1-3-5-7-19-16-13-17(21-10-20-16)23(11-22-13)18-15(26-8-6-4-2)14-12(28-18)9-27-30(24,25)29-14;/h2*10-12,14-15,18H,3-9H2,1-2H3,(H,24,25)(H,19,20,21);/q;;+2/p-2/t2*12-,14-,15-,18-;/m11./s1. The maximum absolute atomic E-state index is 11.9. The summed E-state index contributed by atoms with van der Waals surface area (Å²) in [5.74, 6) is 1.30. The Bertz CT molecular complexity index is 1970. The first kappa shape index (κ1) is 48.5. The van der Waals surface area contributed by atoms with Crippen molar-refractivity contribution in [2.45, 2.75) is 128 Å². The number of fused-ring (bicyclic) bond motifs is 4. The molecule has 0 saturated carbocycles. The van der Waals surface area contributed by atoms with Crippen LogP contribution in [0.5, 0.6) is 0 Å². The Morgan fingerprint density at radius 2 is 1.07 bits per heavy atom. The van der Waals surface area contributed by atoms with Gasteiger partial charge < -0.3 is 57.5 Å². The van der Waals surface area contributed by atoms with Gasteiger partial charge in [-0.25, -0.2) is 29.9 Å². The molecule has 0 bridgehead atoms. The quantitative estimate of drug-likeness (QED) is 0.0820. The van der Waals surface area contributed by atoms with Gasteiger partial charge in [-0.15, -0.1) is 0 Å². The van der Waals surface area contributed by atoms with Crippen LogP contribution < -0.4 is 20.4 Å². The molecule has 0 radical (unpaired) electrons. The summed E-state index contributed by atoms with van der Waals surface area (Å²) in [6, 6.07) is 0. The average Bonchev–Trinajstić information content (AvgIpc) is 4.02. The van der Waals surface area contributed by atoms with Gasteiger partial charge in [0.1, 0.15) is 49.3 Å². The Kier molecular flexibility index (Phi) is 17.7. The summed E-state index contributed by atoms with van der Waals surface area (Å²) in [6.45, 7) is 10.6. The van der Waals surface area contributed by atoms with Crippen LogP contribution in [-0.2, 0) is 46.2 Å². The van der Waals surface area contributed by atoms with Gasteiger partial charge in [-0.05, 0) is 25.7 Å². The molecule has 22 nitrogen and oxygen atoms in total. The second kappa shape index (κ2) is 22.3. The van der Waals surface area contributed by atoms with Crippen molar-refractivity contribution >= 4 is 87.3 Å². The Morgan fingerprint density at radius 1 is 0.656 bits per heavy atom. The summed E-state index contributed by atoms with van der Waals surface area (Å²) in [5.41, 5.74) is 2.38. The van der Waals surface area contributed by atoms with Crippen molar-refractivity contribution in [2.24, 2.45) is 0 Å². The normalized spacial score (nSPS) is 30.7. The van der Waals surface area contributed by atoms with Crippen molar-refractivity contribution in [2.75, 3.05) is 50.2 Å². The molecule has 4 aliphatic heterocycles. The molecule has 0 amide bonds. The predicted molar refractivity (Wildman–Crippen MR) is 217 cm³/mol. The van der Waals surface area contributed by atoms with E-state index in [1.54, 1.807) is 21.8 Å². The minimum absolute atomic E-state index is 0. The van der Waals surface area contributed by atoms with Crippen LogP contribution in [0.25, 0.3) is 22.3 Å². The van der Waals surface area contributed by atoms with Gasteiger partial charge in [-0.2, -0.15) is 0 Å². The summed E-state index contributed by atoms with van der Waals surface area (Å²) >= 11 is 0. The zero-order chi connectivity index (χ0) is 42.3. The van der Waals surface area contributed by atoms with Crippen LogP contribution >= 0.6 is 15.6 Å². The number of hydrogen-bond acceptors (Lipinski definition) is 20. The number of phosphoric ester groups is 2. The van der Waals surface area contributed by atoms with Gasteiger partial charge in [-0.1, -0.05) is 53.4 Å². The number of nitrogens with one attached hydrogen (secondary N) is 2. The summed E-state index contributed by atoms with van der Waals surface area (Å²) in [5, 5.41) is 6.57. The topological polar surface area (TPSA) is 265 Å². The van der Waals surface area contributed by atoms with Crippen molar-refractivity contribution in [1.29, 1.82) is 0 Å². The molecule has 25 heteroatoms. The monoisotopic (exact) mass is 920 g/mol. The number of unbranched alkanes of at least 4 members (excludes halogenated alkanes) is 4. The first-order valence-electron chi connectivity index (χ1n) is 20.7. The number of imidazole rings is 2. The number of rotatable bonds is 18. The zero-order valence-corrected chi connectivity index (χ0v) is 38.9. The smallest absolute Gasteiger partial charge is 0.756 e. The molecule has 2 N–H and O–H groups in total. The Hall–Kier alpha value is -1.98. The molecule has 2 unspecified atom stereocenters. The van der Waals surface area contributed by atoms with E-state index in [-0.39, 0.29) is 51.0 Å². The minimum Gasteiger partial charge on any atom is -0.756 e. The number of aromatic nitrogens is 8. The van der Waals surface area contributed by atoms with E-state index in [4.69, 9.17) is 37.0 Å². The van der Waals surface area contributed by atoms with Crippen molar-refractivity contribution in [3.63, 3.8) is 0 Å². The van der Waals surface area contributed by atoms with Crippen molar-refractivity contribution < 1.29 is 56.0 Å². The molecule has 0 spiro atoms. The van der Waals surface area contributed by atoms with Gasteiger partial charge in [0.25, 0.3) is 15.6 Å². The number of ether oxygens (including phenoxy) is 4. The molecule has 4 aliphatic rings. The fourth-order valence-electron chi connectivity index (χ4n) is 7.26. The SMILES string of the molecule is CCCCNc1ncnc2c1ncn2[C@@H]1O[C@@H]2COP(=O)([O-])O[C@H]2[C@H]1OCCCC.CCCCNc1ncnc2c1ncn2[C@@H]1O[C@@H]2COP(=O)([O-])O[C@H]2[C@H]1OCCCC.[Ca+2]. The molecule has 0 aliphatic carbocycles. The van der Waals surface area contributed by atoms with E-state index in [0.29, 0.717) is 47.2 Å². The number of phosphoric acid groups is 2. The molecule has 0 aromatic carbocycles. The molecule has 8 heterocycles. The summed E-state index contributed by atoms with van der Waals surface area (Å²) in [7, 11) is -8.76. The maximum Gasteiger partial charge on any atom is 2.00 e. The van der Waals surface area contributed by atoms with Crippen LogP contribution in [0.15, 0.2) is 25.3 Å². The van der Waals surface area contributed by atoms with Gasteiger partial charge in [0, 0.05) is 26.3 Å². The van der Waals surface area contributed by atoms with Crippen LogP contribution in [-0.4, -0.2) is 153 Å². The fraction of sp³-hybridized carbons (Fsp3) is 0.722. The maximum atomic E-state index is 11.9. The van der Waals surface area contributed by atoms with E-state index in [0.717, 1.165) is 64.5 Å². The van der Waals surface area contributed by atoms with Crippen molar-refractivity contribution in [1.82, 2.24) is 39.0 Å². The molecule has 8 rings (SSSR count). The Labute approximate surface area is 383 Å². The number of hydrogen-bond donors (Lipinski definition) is 2. The molecule has 4 saturated heterocycles. The summed E-state index contributed by atoms with van der Waals surface area (Å²) in [6.07, 6.45) is 8.59. The van der Waals surface area contributed by atoms with Gasteiger partial charge in [0.05, 0.1) is 25.9 Å². The van der Waals surface area contributed by atoms with Crippen molar-refractivity contribution in [3.8, 4) is 0 Å². The van der Waals surface area contributed by atoms with Gasteiger partial charge >= 0.3 is 37.7 Å². The fourth-order valence-corrected chi connectivity index (χ4v) is 9.15. The molecule has 4 aromatic heterocycles. The van der Waals surface area contributed by atoms with Crippen LogP contribution in [0.3, 0.4) is 0 Å². The van der Waals surface area contributed by atoms with E-state index in [2.05, 4.69) is 68.2 Å². The number of nitrogens with zero attached hydrogens (tertiary/aromatic N) is 8. The van der Waals surface area contributed by atoms with Crippen LogP contribution in [0.2, 0.25) is 0 Å². The van der Waals surface area contributed by atoms with E-state index in [1.807, 2.05) is 0 Å². The van der Waals surface area contributed by atoms with E-state index in [9.17, 15) is 18.9 Å². The predicted octanol–water partition coefficient (Wildman–Crippen LogP) is 3.63. The van der Waals surface area contributed by atoms with Gasteiger partial charge in [0.15, 0.2) is 46.4 Å². The summed E-state index contributed by atoms with van der Waals surface area (Å²) < 4.78 is 71.6. The van der Waals surface area contributed by atoms with E-state index >= 15 is 0 Å². The van der Waals surface area contributed by atoms with Crippen LogP contribution in [0.1, 0.15) is 91.5 Å². The van der Waals surface area contributed by atoms with Gasteiger partial charge in [0.2, 0.25) is 0 Å². The number of anilines is 2. The molecule has 332 valence electrons. The van der Waals surface area contributed by atoms with E-state index < -0.39 is 64.7 Å². The van der Waals surface area contributed by atoms with Gasteiger partial charge in [-0.3, -0.25) is 18.3 Å². The third-order valence-corrected chi connectivity index (χ3v) is 12.3. The van der Waals surface area contributed by atoms with E-state index in [1.165, 1.54) is 12.7 Å². The Balaban J connectivity index is 0.000000201. The second-order valence-electron chi connectivity index (χ2n) is 14.8. The first-order chi connectivity index (χ1) is 29.1. The second-order valence-corrected chi connectivity index (χ2v) is 17.5. The third-order valence-electron chi connectivity index (χ3n) is 10.4. The minimum atomic E-state index is -4.38. The van der Waals surface area contributed by atoms with Crippen LogP contribution in [0, 0.1) is 0 Å². The first-order valence-corrected chi connectivity index (χ1v) is 23.6. The third kappa shape index (κ3) is 11.5. The molecule has 61 heavy (non-hydrogen) atoms. The largest absolute Gasteiger partial charge is 2.00 e. The molecule has 4 fully saturated rings. The zero-order valence-electron chi connectivity index (χ0n) is 34.9. The molecular formula is C36H54CaN10O12P2. The molecule has 4 aromatic rings. The molecule has 10 atom stereocenters.